The molecule has 0 spiro atoms. The van der Waals surface area contributed by atoms with Crippen molar-refractivity contribution in [3.05, 3.63) is 53.0 Å². The van der Waals surface area contributed by atoms with E-state index in [1.54, 1.807) is 13.1 Å². The summed E-state index contributed by atoms with van der Waals surface area (Å²) in [6, 6.07) is 3.71. The van der Waals surface area contributed by atoms with Crippen molar-refractivity contribution < 1.29 is 18.3 Å². The zero-order valence-electron chi connectivity index (χ0n) is 17.5. The number of amides is 1. The average Bonchev–Trinajstić information content (AvgIpc) is 3.45. The Bertz CT molecular complexity index is 1120. The molecule has 7 nitrogen and oxygen atoms in total. The van der Waals surface area contributed by atoms with E-state index in [0.717, 1.165) is 12.8 Å². The minimum absolute atomic E-state index is 0.107. The molecule has 0 saturated heterocycles. The molecular formula is C23H21F2N5O2. The van der Waals surface area contributed by atoms with Crippen molar-refractivity contribution in [1.82, 2.24) is 15.0 Å². The van der Waals surface area contributed by atoms with Crippen molar-refractivity contribution in [2.75, 3.05) is 6.61 Å². The third kappa shape index (κ3) is 3.40. The lowest BCUT2D eigenvalue weighted by Gasteiger charge is -2.38. The number of hydrazone groups is 1. The molecule has 4 aliphatic rings. The Balaban J connectivity index is 1.27. The van der Waals surface area contributed by atoms with Gasteiger partial charge in [-0.1, -0.05) is 0 Å². The van der Waals surface area contributed by atoms with E-state index in [4.69, 9.17) is 10.00 Å². The molecule has 0 N–H and O–H groups in total. The van der Waals surface area contributed by atoms with Crippen LogP contribution in [0.3, 0.4) is 0 Å². The van der Waals surface area contributed by atoms with Gasteiger partial charge in [-0.3, -0.25) is 4.79 Å². The molecule has 1 aromatic heterocycles. The molecule has 1 amide bonds. The monoisotopic (exact) mass is 437 g/mol. The summed E-state index contributed by atoms with van der Waals surface area (Å²) in [5.74, 6) is -1.20. The second-order valence-electron chi connectivity index (χ2n) is 8.99. The van der Waals surface area contributed by atoms with Gasteiger partial charge in [0.25, 0.3) is 0 Å². The van der Waals surface area contributed by atoms with Crippen LogP contribution in [-0.4, -0.2) is 33.7 Å². The molecule has 6 rings (SSSR count). The lowest BCUT2D eigenvalue weighted by atomic mass is 9.70. The number of carbonyl (C=O) groups excluding carboxylic acids is 1. The molecule has 2 aromatic rings. The molecule has 1 unspecified atom stereocenters. The molecule has 164 valence electrons. The third-order valence-electron chi connectivity index (χ3n) is 6.81. The van der Waals surface area contributed by atoms with E-state index in [1.807, 2.05) is 6.07 Å². The highest BCUT2D eigenvalue weighted by Crippen LogP contribution is 2.62. The molecule has 2 heterocycles. The van der Waals surface area contributed by atoms with Crippen molar-refractivity contribution in [1.29, 1.82) is 5.26 Å². The maximum atomic E-state index is 14.6. The van der Waals surface area contributed by atoms with Gasteiger partial charge in [-0.2, -0.15) is 10.4 Å². The number of fused-ring (bicyclic) bond motifs is 1. The topological polar surface area (TPSA) is 91.5 Å². The highest BCUT2D eigenvalue weighted by atomic mass is 19.1. The number of aromatic nitrogens is 2. The molecule has 2 atom stereocenters. The van der Waals surface area contributed by atoms with Gasteiger partial charge in [-0.05, 0) is 49.8 Å². The molecule has 9 heteroatoms. The van der Waals surface area contributed by atoms with Gasteiger partial charge in [0.15, 0.2) is 5.69 Å². The molecule has 1 aliphatic heterocycles. The summed E-state index contributed by atoms with van der Waals surface area (Å²) in [6.07, 6.45) is 6.93. The number of hydrogen-bond acceptors (Lipinski definition) is 6. The highest BCUT2D eigenvalue weighted by molar-refractivity contribution is 5.83. The molecule has 2 bridgehead atoms. The number of nitriles is 1. The zero-order valence-corrected chi connectivity index (χ0v) is 17.5. The van der Waals surface area contributed by atoms with Crippen LogP contribution >= 0.6 is 0 Å². The second kappa shape index (κ2) is 7.62. The highest BCUT2D eigenvalue weighted by Gasteiger charge is 2.59. The van der Waals surface area contributed by atoms with Gasteiger partial charge in [0.05, 0.1) is 25.0 Å². The number of nitrogens with zero attached hydrogens (tertiary/aromatic N) is 5. The van der Waals surface area contributed by atoms with E-state index >= 15 is 0 Å². The van der Waals surface area contributed by atoms with Crippen LogP contribution in [-0.2, 0) is 4.79 Å². The second-order valence-corrected chi connectivity index (χ2v) is 8.99. The Hall–Kier alpha value is -3.41. The quantitative estimate of drug-likeness (QED) is 0.712. The zero-order chi connectivity index (χ0) is 22.5. The molecular weight excluding hydrogens is 416 g/mol. The summed E-state index contributed by atoms with van der Waals surface area (Å²) in [5.41, 5.74) is 0.475. The van der Waals surface area contributed by atoms with Crippen LogP contribution in [0.5, 0.6) is 5.88 Å². The van der Waals surface area contributed by atoms with Gasteiger partial charge in [-0.15, -0.1) is 0 Å². The number of carbonyl (C=O) groups is 1. The minimum atomic E-state index is -0.762. The number of ether oxygens (including phenoxy) is 1. The first-order valence-electron chi connectivity index (χ1n) is 10.6. The molecule has 3 saturated carbocycles. The van der Waals surface area contributed by atoms with Crippen LogP contribution in [0.1, 0.15) is 48.5 Å². The number of halogens is 2. The van der Waals surface area contributed by atoms with Crippen LogP contribution in [0.4, 0.5) is 8.78 Å². The minimum Gasteiger partial charge on any atom is -0.476 e. The predicted molar refractivity (Wildman–Crippen MR) is 109 cm³/mol. The van der Waals surface area contributed by atoms with E-state index in [-0.39, 0.29) is 40.8 Å². The average molecular weight is 437 g/mol. The molecule has 0 radical (unpaired) electrons. The van der Waals surface area contributed by atoms with Crippen molar-refractivity contribution in [2.45, 2.75) is 38.6 Å². The van der Waals surface area contributed by atoms with Crippen molar-refractivity contribution in [2.24, 2.45) is 22.4 Å². The van der Waals surface area contributed by atoms with Gasteiger partial charge < -0.3 is 4.74 Å². The van der Waals surface area contributed by atoms with Crippen LogP contribution in [0.2, 0.25) is 0 Å². The summed E-state index contributed by atoms with van der Waals surface area (Å²) in [7, 11) is 0. The number of rotatable bonds is 5. The number of aryl methyl sites for hydroxylation is 1. The number of benzene rings is 1. The van der Waals surface area contributed by atoms with Crippen molar-refractivity contribution in [3.63, 3.8) is 0 Å². The van der Waals surface area contributed by atoms with E-state index < -0.39 is 17.7 Å². The summed E-state index contributed by atoms with van der Waals surface area (Å²) < 4.78 is 34.9. The SMILES string of the molecule is Cc1cc(F)c(C2CC=NN2C(=O)[C@H]2CC3(COc4cnc(C#N)cn4)CC2C3)c(F)c1. The van der Waals surface area contributed by atoms with Gasteiger partial charge in [-0.25, -0.2) is 23.8 Å². The van der Waals surface area contributed by atoms with Gasteiger partial charge in [0.2, 0.25) is 11.8 Å². The Labute approximate surface area is 183 Å². The largest absolute Gasteiger partial charge is 0.476 e. The van der Waals surface area contributed by atoms with E-state index in [0.29, 0.717) is 24.5 Å². The molecule has 3 aliphatic carbocycles. The van der Waals surface area contributed by atoms with E-state index in [9.17, 15) is 13.6 Å². The fraction of sp³-hybridized carbons (Fsp3) is 0.435. The standard InChI is InChI=1S/C23H21F2N5O2/c1-13-4-17(24)21(18(25)5-13)19-2-3-29-30(19)22(31)16-8-23(6-14(16)7-23)12-32-20-11-27-15(9-26)10-28-20/h3-5,10-11,14,16,19H,2,6-8,12H2,1H3/t14?,16-,19?,23?/m0/s1. The van der Waals surface area contributed by atoms with Crippen molar-refractivity contribution >= 4 is 12.1 Å². The molecule has 1 aromatic carbocycles. The fourth-order valence-electron chi connectivity index (χ4n) is 5.34. The Morgan fingerprint density at radius 1 is 1.25 bits per heavy atom. The first-order chi connectivity index (χ1) is 15.4. The van der Waals surface area contributed by atoms with Crippen LogP contribution in [0.25, 0.3) is 0 Å². The van der Waals surface area contributed by atoms with Crippen LogP contribution in [0, 0.1) is 47.1 Å². The van der Waals surface area contributed by atoms with Gasteiger partial charge in [0, 0.05) is 29.5 Å². The predicted octanol–water partition coefficient (Wildman–Crippen LogP) is 3.69. The Morgan fingerprint density at radius 2 is 2.00 bits per heavy atom. The van der Waals surface area contributed by atoms with Gasteiger partial charge >= 0.3 is 0 Å². The summed E-state index contributed by atoms with van der Waals surface area (Å²) in [6.45, 7) is 2.03. The first-order valence-corrected chi connectivity index (χ1v) is 10.6. The molecule has 32 heavy (non-hydrogen) atoms. The molecule has 3 fully saturated rings. The summed E-state index contributed by atoms with van der Waals surface area (Å²) in [4.78, 5) is 21.3. The van der Waals surface area contributed by atoms with Crippen molar-refractivity contribution in [3.8, 4) is 11.9 Å². The third-order valence-corrected chi connectivity index (χ3v) is 6.81. The van der Waals surface area contributed by atoms with E-state index in [2.05, 4.69) is 15.1 Å². The maximum Gasteiger partial charge on any atom is 0.246 e. The smallest absolute Gasteiger partial charge is 0.246 e. The van der Waals surface area contributed by atoms with Crippen LogP contribution in [0.15, 0.2) is 29.6 Å². The summed E-state index contributed by atoms with van der Waals surface area (Å²) in [5, 5.41) is 14.2. The first kappa shape index (κ1) is 20.5. The number of hydrogen-bond donors (Lipinski definition) is 0. The normalized spacial score (nSPS) is 27.8. The maximum absolute atomic E-state index is 14.6. The van der Waals surface area contributed by atoms with Crippen LogP contribution < -0.4 is 4.74 Å². The fourth-order valence-corrected chi connectivity index (χ4v) is 5.34. The summed E-state index contributed by atoms with van der Waals surface area (Å²) >= 11 is 0. The lowest BCUT2D eigenvalue weighted by Crippen LogP contribution is -2.36. The van der Waals surface area contributed by atoms with E-state index in [1.165, 1.54) is 29.5 Å². The Kier molecular flexibility index (Phi) is 4.88. The van der Waals surface area contributed by atoms with Gasteiger partial charge in [0.1, 0.15) is 17.7 Å². The Morgan fingerprint density at radius 3 is 2.66 bits per heavy atom. The lowest BCUT2D eigenvalue weighted by molar-refractivity contribution is -0.138.